The summed E-state index contributed by atoms with van der Waals surface area (Å²) in [7, 11) is 2.00. The molecule has 0 saturated heterocycles. The highest BCUT2D eigenvalue weighted by molar-refractivity contribution is 7.09. The van der Waals surface area contributed by atoms with Gasteiger partial charge in [-0.05, 0) is 11.6 Å². The molecule has 0 aliphatic carbocycles. The van der Waals surface area contributed by atoms with Gasteiger partial charge in [0.2, 0.25) is 5.13 Å². The third kappa shape index (κ3) is 2.52. The first-order valence-electron chi connectivity index (χ1n) is 5.98. The lowest BCUT2D eigenvalue weighted by atomic mass is 10.1. The Kier molecular flexibility index (Phi) is 3.93. The van der Waals surface area contributed by atoms with Gasteiger partial charge < -0.3 is 10.6 Å². The van der Waals surface area contributed by atoms with E-state index in [1.165, 1.54) is 11.5 Å². The lowest BCUT2D eigenvalue weighted by Gasteiger charge is -2.18. The Morgan fingerprint density at radius 3 is 2.67 bits per heavy atom. The molecule has 0 saturated carbocycles. The second-order valence-electron chi connectivity index (χ2n) is 4.48. The van der Waals surface area contributed by atoms with Gasteiger partial charge in [0.15, 0.2) is 0 Å². The van der Waals surface area contributed by atoms with Gasteiger partial charge in [0.05, 0.1) is 0 Å². The summed E-state index contributed by atoms with van der Waals surface area (Å²) in [5.74, 6) is 1.25. The molecule has 0 unspecified atom stereocenters. The molecule has 0 atom stereocenters. The predicted octanol–water partition coefficient (Wildman–Crippen LogP) is 2.89. The molecule has 1 aromatic carbocycles. The van der Waals surface area contributed by atoms with Crippen molar-refractivity contribution in [2.75, 3.05) is 11.9 Å². The van der Waals surface area contributed by atoms with Crippen LogP contribution in [0.1, 0.15) is 31.2 Å². The van der Waals surface area contributed by atoms with Crippen molar-refractivity contribution in [1.82, 2.24) is 9.36 Å². The molecule has 5 heteroatoms. The van der Waals surface area contributed by atoms with E-state index in [2.05, 4.69) is 29.3 Å². The van der Waals surface area contributed by atoms with Crippen molar-refractivity contribution >= 4 is 22.4 Å². The van der Waals surface area contributed by atoms with Gasteiger partial charge in [0.1, 0.15) is 5.82 Å². The van der Waals surface area contributed by atoms with E-state index in [4.69, 9.17) is 5.73 Å². The Hall–Kier alpha value is -1.46. The van der Waals surface area contributed by atoms with Crippen LogP contribution in [0.25, 0.3) is 0 Å². The van der Waals surface area contributed by atoms with Crippen molar-refractivity contribution in [1.29, 1.82) is 0 Å². The normalized spacial score (nSPS) is 10.9. The summed E-state index contributed by atoms with van der Waals surface area (Å²) in [6, 6.07) is 8.10. The number of rotatable bonds is 4. The largest absolute Gasteiger partial charge is 0.326 e. The van der Waals surface area contributed by atoms with Crippen LogP contribution in [0.5, 0.6) is 0 Å². The fourth-order valence-corrected chi connectivity index (χ4v) is 2.49. The van der Waals surface area contributed by atoms with Gasteiger partial charge in [-0.1, -0.05) is 32.0 Å². The molecule has 1 aromatic heterocycles. The van der Waals surface area contributed by atoms with Crippen molar-refractivity contribution in [2.24, 2.45) is 5.73 Å². The summed E-state index contributed by atoms with van der Waals surface area (Å²) >= 11 is 1.42. The van der Waals surface area contributed by atoms with Crippen LogP contribution in [-0.4, -0.2) is 16.4 Å². The van der Waals surface area contributed by atoms with E-state index in [9.17, 15) is 0 Å². The molecule has 0 aliphatic heterocycles. The number of anilines is 2. The average Bonchev–Trinajstić information content (AvgIpc) is 2.87. The van der Waals surface area contributed by atoms with Gasteiger partial charge in [-0.15, -0.1) is 0 Å². The molecule has 2 N–H and O–H groups in total. The summed E-state index contributed by atoms with van der Waals surface area (Å²) in [6.07, 6.45) is 0. The standard InChI is InChI=1S/C13H18N4S/c1-9(2)12-15-13(18-16-12)17(3)11-7-5-4-6-10(11)8-14/h4-7,9H,8,14H2,1-3H3. The molecule has 0 bridgehead atoms. The third-order valence-corrected chi connectivity index (χ3v) is 3.61. The quantitative estimate of drug-likeness (QED) is 0.920. The van der Waals surface area contributed by atoms with Crippen molar-refractivity contribution in [2.45, 2.75) is 26.3 Å². The Labute approximate surface area is 112 Å². The molecule has 2 aromatic rings. The molecule has 0 aliphatic rings. The van der Waals surface area contributed by atoms with Crippen LogP contribution in [-0.2, 0) is 6.54 Å². The second kappa shape index (κ2) is 5.46. The van der Waals surface area contributed by atoms with Gasteiger partial charge >= 0.3 is 0 Å². The molecule has 4 nitrogen and oxygen atoms in total. The maximum absolute atomic E-state index is 5.76. The van der Waals surface area contributed by atoms with Crippen molar-refractivity contribution in [3.63, 3.8) is 0 Å². The molecule has 1 heterocycles. The Balaban J connectivity index is 2.32. The summed E-state index contributed by atoms with van der Waals surface area (Å²) in [4.78, 5) is 6.60. The molecule has 0 amide bonds. The summed E-state index contributed by atoms with van der Waals surface area (Å²) in [6.45, 7) is 4.72. The second-order valence-corrected chi connectivity index (χ2v) is 5.21. The summed E-state index contributed by atoms with van der Waals surface area (Å²) in [5, 5.41) is 0.902. The maximum atomic E-state index is 5.76. The van der Waals surface area contributed by atoms with E-state index < -0.39 is 0 Å². The van der Waals surface area contributed by atoms with Crippen LogP contribution in [0, 0.1) is 0 Å². The molecule has 96 valence electrons. The van der Waals surface area contributed by atoms with Crippen LogP contribution in [0.15, 0.2) is 24.3 Å². The Morgan fingerprint density at radius 2 is 2.06 bits per heavy atom. The molecule has 2 rings (SSSR count). The maximum Gasteiger partial charge on any atom is 0.209 e. The highest BCUT2D eigenvalue weighted by Crippen LogP contribution is 2.29. The summed E-state index contributed by atoms with van der Waals surface area (Å²) < 4.78 is 4.38. The van der Waals surface area contributed by atoms with Gasteiger partial charge in [-0.2, -0.15) is 4.37 Å². The highest BCUT2D eigenvalue weighted by Gasteiger charge is 2.14. The fourth-order valence-electron chi connectivity index (χ4n) is 1.71. The average molecular weight is 262 g/mol. The van der Waals surface area contributed by atoms with E-state index in [-0.39, 0.29) is 0 Å². The van der Waals surface area contributed by atoms with Gasteiger partial charge in [0.25, 0.3) is 0 Å². The van der Waals surface area contributed by atoms with Gasteiger partial charge in [-0.3, -0.25) is 0 Å². The van der Waals surface area contributed by atoms with E-state index in [0.29, 0.717) is 12.5 Å². The molecule has 18 heavy (non-hydrogen) atoms. The SMILES string of the molecule is CC(C)c1nsc(N(C)c2ccccc2CN)n1. The lowest BCUT2D eigenvalue weighted by Crippen LogP contribution is -2.13. The zero-order valence-corrected chi connectivity index (χ0v) is 11.7. The number of hydrogen-bond donors (Lipinski definition) is 1. The zero-order valence-electron chi connectivity index (χ0n) is 10.9. The predicted molar refractivity (Wildman–Crippen MR) is 76.4 cm³/mol. The number of aromatic nitrogens is 2. The van der Waals surface area contributed by atoms with E-state index in [1.807, 2.05) is 30.1 Å². The lowest BCUT2D eigenvalue weighted by molar-refractivity contribution is 0.798. The fraction of sp³-hybridized carbons (Fsp3) is 0.385. The Morgan fingerprint density at radius 1 is 1.33 bits per heavy atom. The monoisotopic (exact) mass is 262 g/mol. The Bertz CT molecular complexity index is 521. The topological polar surface area (TPSA) is 55.0 Å². The third-order valence-electron chi connectivity index (χ3n) is 2.81. The van der Waals surface area contributed by atoms with E-state index in [1.54, 1.807) is 0 Å². The van der Waals surface area contributed by atoms with Crippen LogP contribution in [0.4, 0.5) is 10.8 Å². The first-order chi connectivity index (χ1) is 8.63. The minimum absolute atomic E-state index is 0.355. The van der Waals surface area contributed by atoms with E-state index in [0.717, 1.165) is 22.2 Å². The van der Waals surface area contributed by atoms with Crippen LogP contribution >= 0.6 is 11.5 Å². The van der Waals surface area contributed by atoms with Crippen molar-refractivity contribution in [3.05, 3.63) is 35.7 Å². The smallest absolute Gasteiger partial charge is 0.209 e. The first kappa shape index (κ1) is 13.0. The number of nitrogens with zero attached hydrogens (tertiary/aromatic N) is 3. The van der Waals surface area contributed by atoms with Crippen LogP contribution in [0.3, 0.4) is 0 Å². The highest BCUT2D eigenvalue weighted by atomic mass is 32.1. The number of para-hydroxylation sites is 1. The van der Waals surface area contributed by atoms with E-state index >= 15 is 0 Å². The zero-order chi connectivity index (χ0) is 13.1. The molecular formula is C13H18N4S. The van der Waals surface area contributed by atoms with Crippen LogP contribution in [0.2, 0.25) is 0 Å². The van der Waals surface area contributed by atoms with Crippen molar-refractivity contribution < 1.29 is 0 Å². The molecule has 0 spiro atoms. The van der Waals surface area contributed by atoms with Crippen molar-refractivity contribution in [3.8, 4) is 0 Å². The number of hydrogen-bond acceptors (Lipinski definition) is 5. The molecular weight excluding hydrogens is 244 g/mol. The minimum Gasteiger partial charge on any atom is -0.326 e. The molecule has 0 fully saturated rings. The number of benzene rings is 1. The van der Waals surface area contributed by atoms with Gasteiger partial charge in [-0.25, -0.2) is 4.98 Å². The number of nitrogens with two attached hydrogens (primary N) is 1. The summed E-state index contributed by atoms with van der Waals surface area (Å²) in [5.41, 5.74) is 7.96. The molecule has 0 radical (unpaired) electrons. The minimum atomic E-state index is 0.355. The van der Waals surface area contributed by atoms with Crippen LogP contribution < -0.4 is 10.6 Å². The first-order valence-corrected chi connectivity index (χ1v) is 6.76. The van der Waals surface area contributed by atoms with Gasteiger partial charge in [0, 0.05) is 36.7 Å².